The summed E-state index contributed by atoms with van der Waals surface area (Å²) in [5.41, 5.74) is 7.79. The lowest BCUT2D eigenvalue weighted by Crippen LogP contribution is -2.07. The van der Waals surface area contributed by atoms with Crippen LogP contribution in [0.4, 0.5) is 4.39 Å². The molecule has 0 aromatic heterocycles. The Morgan fingerprint density at radius 2 is 2.23 bits per heavy atom. The number of hydrogen-bond acceptors (Lipinski definition) is 4. The summed E-state index contributed by atoms with van der Waals surface area (Å²) in [6.45, 7) is 0.539. The Morgan fingerprint density at radius 3 is 3.00 bits per heavy atom. The highest BCUT2D eigenvalue weighted by molar-refractivity contribution is 6.07. The molecule has 0 bridgehead atoms. The summed E-state index contributed by atoms with van der Waals surface area (Å²) in [5, 5.41) is 9.14. The number of halogens is 1. The lowest BCUT2D eigenvalue weighted by atomic mass is 10.1. The van der Waals surface area contributed by atoms with E-state index in [4.69, 9.17) is 11.0 Å². The van der Waals surface area contributed by atoms with Gasteiger partial charge in [0.25, 0.3) is 0 Å². The van der Waals surface area contributed by atoms with Crippen LogP contribution in [0, 0.1) is 17.1 Å². The van der Waals surface area contributed by atoms with E-state index in [0.29, 0.717) is 17.8 Å². The fourth-order valence-corrected chi connectivity index (χ4v) is 1.82. The fourth-order valence-electron chi connectivity index (χ4n) is 1.82. The van der Waals surface area contributed by atoms with Gasteiger partial charge < -0.3 is 5.73 Å². The van der Waals surface area contributed by atoms with E-state index in [0.717, 1.165) is 5.57 Å². The first-order valence-corrected chi connectivity index (χ1v) is 6.72. The Bertz CT molecular complexity index is 733. The smallest absolute Gasteiger partial charge is 0.137 e. The predicted molar refractivity (Wildman–Crippen MR) is 86.0 cm³/mol. The summed E-state index contributed by atoms with van der Waals surface area (Å²) in [7, 11) is 0. The van der Waals surface area contributed by atoms with Crippen molar-refractivity contribution in [2.45, 2.75) is 6.54 Å². The summed E-state index contributed by atoms with van der Waals surface area (Å²) >= 11 is 0. The largest absolute Gasteiger partial charge is 0.398 e. The van der Waals surface area contributed by atoms with Gasteiger partial charge in [0.15, 0.2) is 0 Å². The molecule has 0 aliphatic carbocycles. The first-order valence-electron chi connectivity index (χ1n) is 6.72. The number of hydrogen-bond donors (Lipinski definition) is 1. The van der Waals surface area contributed by atoms with Crippen LogP contribution in [0.3, 0.4) is 0 Å². The maximum Gasteiger partial charge on any atom is 0.137 e. The predicted octanol–water partition coefficient (Wildman–Crippen LogP) is 2.70. The van der Waals surface area contributed by atoms with Gasteiger partial charge in [0.05, 0.1) is 13.1 Å². The van der Waals surface area contributed by atoms with E-state index in [1.807, 2.05) is 18.2 Å². The average molecular weight is 294 g/mol. The zero-order valence-corrected chi connectivity index (χ0v) is 11.9. The molecule has 4 nitrogen and oxygen atoms in total. The summed E-state index contributed by atoms with van der Waals surface area (Å²) in [6.07, 6.45) is 8.65. The average Bonchev–Trinajstić information content (AvgIpc) is 2.82. The third kappa shape index (κ3) is 4.25. The Balaban J connectivity index is 2.16. The van der Waals surface area contributed by atoms with Crippen molar-refractivity contribution in [3.63, 3.8) is 0 Å². The minimum absolute atomic E-state index is 0.0937. The summed E-state index contributed by atoms with van der Waals surface area (Å²) in [4.78, 5) is 8.25. The SMILES string of the molecule is N#CC(C=C(N)C1=CC=CC=NC1)=NCc1ccccc1F. The van der Waals surface area contributed by atoms with Gasteiger partial charge in [-0.25, -0.2) is 4.39 Å². The molecule has 1 aromatic carbocycles. The summed E-state index contributed by atoms with van der Waals surface area (Å²) in [6, 6.07) is 8.30. The zero-order valence-electron chi connectivity index (χ0n) is 11.9. The molecule has 2 N–H and O–H groups in total. The molecule has 0 fully saturated rings. The highest BCUT2D eigenvalue weighted by Gasteiger charge is 2.04. The molecule has 22 heavy (non-hydrogen) atoms. The summed E-state index contributed by atoms with van der Waals surface area (Å²) < 4.78 is 13.5. The monoisotopic (exact) mass is 294 g/mol. The second kappa shape index (κ2) is 7.70. The third-order valence-electron chi connectivity index (χ3n) is 3.02. The van der Waals surface area contributed by atoms with Crippen molar-refractivity contribution < 1.29 is 4.39 Å². The van der Waals surface area contributed by atoms with E-state index in [1.165, 1.54) is 12.1 Å². The number of nitrogens with two attached hydrogens (primary N) is 1. The van der Waals surface area contributed by atoms with Gasteiger partial charge in [-0.1, -0.05) is 30.4 Å². The third-order valence-corrected chi connectivity index (χ3v) is 3.02. The van der Waals surface area contributed by atoms with Crippen molar-refractivity contribution in [2.24, 2.45) is 15.7 Å². The first-order chi connectivity index (χ1) is 10.7. The first kappa shape index (κ1) is 15.4. The minimum Gasteiger partial charge on any atom is -0.398 e. The van der Waals surface area contributed by atoms with Gasteiger partial charge in [-0.3, -0.25) is 9.98 Å². The van der Waals surface area contributed by atoms with Gasteiger partial charge in [0, 0.05) is 17.5 Å². The maximum atomic E-state index is 13.5. The van der Waals surface area contributed by atoms with E-state index in [9.17, 15) is 4.39 Å². The van der Waals surface area contributed by atoms with Crippen LogP contribution < -0.4 is 5.73 Å². The van der Waals surface area contributed by atoms with Gasteiger partial charge in [0.1, 0.15) is 17.6 Å². The number of nitriles is 1. The number of rotatable bonds is 4. The fraction of sp³-hybridized carbons (Fsp3) is 0.118. The normalized spacial score (nSPS) is 15.2. The maximum absolute atomic E-state index is 13.5. The second-order valence-electron chi connectivity index (χ2n) is 4.57. The zero-order chi connectivity index (χ0) is 15.8. The standard InChI is InChI=1S/C17H15FN4/c18-16-7-2-1-5-13(16)12-22-15(10-19)9-17(20)14-6-3-4-8-21-11-14/h1-9H,11-12,20H2. The molecule has 0 spiro atoms. The van der Waals surface area contributed by atoms with Gasteiger partial charge >= 0.3 is 0 Å². The van der Waals surface area contributed by atoms with Crippen LogP contribution in [0.1, 0.15) is 5.56 Å². The van der Waals surface area contributed by atoms with Crippen molar-refractivity contribution >= 4 is 11.9 Å². The Kier molecular flexibility index (Phi) is 5.38. The van der Waals surface area contributed by atoms with Crippen molar-refractivity contribution in [3.05, 3.63) is 71.2 Å². The van der Waals surface area contributed by atoms with Crippen molar-refractivity contribution in [1.82, 2.24) is 0 Å². The van der Waals surface area contributed by atoms with Crippen molar-refractivity contribution in [3.8, 4) is 6.07 Å². The molecule has 0 atom stereocenters. The molecular weight excluding hydrogens is 279 g/mol. The quantitative estimate of drug-likeness (QED) is 0.867. The molecule has 110 valence electrons. The van der Waals surface area contributed by atoms with E-state index in [1.54, 1.807) is 30.5 Å². The number of nitrogens with zero attached hydrogens (tertiary/aromatic N) is 3. The van der Waals surface area contributed by atoms with Crippen LogP contribution in [0.5, 0.6) is 0 Å². The molecule has 1 heterocycles. The van der Waals surface area contributed by atoms with E-state index >= 15 is 0 Å². The van der Waals surface area contributed by atoms with Crippen LogP contribution >= 0.6 is 0 Å². The van der Waals surface area contributed by atoms with Gasteiger partial charge in [-0.05, 0) is 23.8 Å². The van der Waals surface area contributed by atoms with E-state index in [2.05, 4.69) is 9.98 Å². The van der Waals surface area contributed by atoms with Crippen LogP contribution in [-0.2, 0) is 6.54 Å². The molecule has 2 rings (SSSR count). The van der Waals surface area contributed by atoms with Crippen LogP contribution in [0.15, 0.2) is 69.8 Å². The van der Waals surface area contributed by atoms with Gasteiger partial charge in [-0.2, -0.15) is 5.26 Å². The Morgan fingerprint density at radius 1 is 1.41 bits per heavy atom. The molecule has 0 radical (unpaired) electrons. The van der Waals surface area contributed by atoms with Crippen molar-refractivity contribution in [1.29, 1.82) is 5.26 Å². The second-order valence-corrected chi connectivity index (χ2v) is 4.57. The number of aliphatic imine (C=N–C) groups is 2. The van der Waals surface area contributed by atoms with Gasteiger partial charge in [-0.15, -0.1) is 0 Å². The number of allylic oxidation sites excluding steroid dienone is 4. The molecule has 5 heteroatoms. The molecule has 0 saturated carbocycles. The van der Waals surface area contributed by atoms with Crippen LogP contribution in [0.25, 0.3) is 0 Å². The molecule has 0 saturated heterocycles. The Labute approximate surface area is 128 Å². The van der Waals surface area contributed by atoms with E-state index in [-0.39, 0.29) is 18.1 Å². The van der Waals surface area contributed by atoms with Crippen LogP contribution in [0.2, 0.25) is 0 Å². The molecule has 1 aliphatic heterocycles. The van der Waals surface area contributed by atoms with Crippen LogP contribution in [-0.4, -0.2) is 18.5 Å². The lowest BCUT2D eigenvalue weighted by Gasteiger charge is -2.03. The van der Waals surface area contributed by atoms with Crippen molar-refractivity contribution in [2.75, 3.05) is 6.54 Å². The molecule has 1 aliphatic rings. The van der Waals surface area contributed by atoms with Gasteiger partial charge in [0.2, 0.25) is 0 Å². The lowest BCUT2D eigenvalue weighted by molar-refractivity contribution is 0.611. The summed E-state index contributed by atoms with van der Waals surface area (Å²) in [5.74, 6) is -0.341. The molecule has 0 amide bonds. The number of benzene rings is 1. The molecular formula is C17H15FN4. The molecule has 1 aromatic rings. The Hall–Kier alpha value is -3.00. The topological polar surface area (TPSA) is 74.5 Å². The molecule has 0 unspecified atom stereocenters. The van der Waals surface area contributed by atoms with E-state index < -0.39 is 0 Å². The minimum atomic E-state index is -0.341. The highest BCUT2D eigenvalue weighted by atomic mass is 19.1. The highest BCUT2D eigenvalue weighted by Crippen LogP contribution is 2.10.